The molecule has 4 nitrogen and oxygen atoms in total. The van der Waals surface area contributed by atoms with Gasteiger partial charge in [-0.25, -0.2) is 9.98 Å². The molecule has 1 N–H and O–H groups in total. The second-order valence-electron chi connectivity index (χ2n) is 13.0. The van der Waals surface area contributed by atoms with Gasteiger partial charge in [0.1, 0.15) is 22.8 Å². The molecule has 4 heteroatoms. The molecular weight excluding hydrogens is 623 g/mol. The first-order chi connectivity index (χ1) is 25.3. The zero-order chi connectivity index (χ0) is 33.7. The highest BCUT2D eigenvalue weighted by molar-refractivity contribution is 6.21. The smallest absolute Gasteiger partial charge is 0.170 e. The minimum Gasteiger partial charge on any atom is -0.455 e. The summed E-state index contributed by atoms with van der Waals surface area (Å²) in [5, 5.41) is 10.4. The average molecular weight is 654 g/mol. The van der Waals surface area contributed by atoms with Gasteiger partial charge in [0, 0.05) is 33.0 Å². The lowest BCUT2D eigenvalue weighted by Crippen LogP contribution is -2.36. The molecule has 9 aromatic rings. The van der Waals surface area contributed by atoms with Crippen LogP contribution in [0.25, 0.3) is 65.7 Å². The number of benzene rings is 8. The van der Waals surface area contributed by atoms with Crippen LogP contribution in [0.1, 0.15) is 22.9 Å². The maximum atomic E-state index is 6.70. The van der Waals surface area contributed by atoms with E-state index >= 15 is 0 Å². The van der Waals surface area contributed by atoms with Crippen molar-refractivity contribution in [3.63, 3.8) is 0 Å². The number of aliphatic imine (C=N–C) groups is 2. The second kappa shape index (κ2) is 12.0. The highest BCUT2D eigenvalue weighted by Gasteiger charge is 2.26. The largest absolute Gasteiger partial charge is 0.455 e. The highest BCUT2D eigenvalue weighted by Crippen LogP contribution is 2.42. The lowest BCUT2D eigenvalue weighted by atomic mass is 9.94. The molecule has 1 aromatic heterocycles. The molecule has 0 bridgehead atoms. The van der Waals surface area contributed by atoms with Crippen LogP contribution < -0.4 is 5.32 Å². The Balaban J connectivity index is 1.19. The van der Waals surface area contributed by atoms with Gasteiger partial charge in [0.15, 0.2) is 6.17 Å². The van der Waals surface area contributed by atoms with E-state index in [4.69, 9.17) is 14.4 Å². The first-order valence-corrected chi connectivity index (χ1v) is 17.3. The summed E-state index contributed by atoms with van der Waals surface area (Å²) >= 11 is 0. The molecule has 2 heterocycles. The monoisotopic (exact) mass is 653 g/mol. The van der Waals surface area contributed by atoms with E-state index in [1.807, 2.05) is 30.3 Å². The van der Waals surface area contributed by atoms with Crippen molar-refractivity contribution in [1.82, 2.24) is 5.32 Å². The van der Waals surface area contributed by atoms with E-state index in [1.165, 1.54) is 27.3 Å². The van der Waals surface area contributed by atoms with Crippen LogP contribution >= 0.6 is 0 Å². The van der Waals surface area contributed by atoms with Crippen molar-refractivity contribution in [2.75, 3.05) is 0 Å². The van der Waals surface area contributed by atoms with Crippen LogP contribution in [0.3, 0.4) is 0 Å². The molecule has 1 unspecified atom stereocenters. The third-order valence-electron chi connectivity index (χ3n) is 9.95. The molecule has 0 aliphatic carbocycles. The number of nitrogens with one attached hydrogen (secondary N) is 1. The van der Waals surface area contributed by atoms with Crippen molar-refractivity contribution < 1.29 is 4.42 Å². The van der Waals surface area contributed by atoms with Crippen molar-refractivity contribution in [2.24, 2.45) is 9.98 Å². The Labute approximate surface area is 295 Å². The Morgan fingerprint density at radius 3 is 1.84 bits per heavy atom. The van der Waals surface area contributed by atoms with Gasteiger partial charge in [0.05, 0.1) is 0 Å². The molecule has 0 radical (unpaired) electrons. The maximum Gasteiger partial charge on any atom is 0.170 e. The molecule has 51 heavy (non-hydrogen) atoms. The Hall–Kier alpha value is -6.78. The second-order valence-corrected chi connectivity index (χ2v) is 13.0. The zero-order valence-electron chi connectivity index (χ0n) is 27.6. The van der Waals surface area contributed by atoms with Crippen molar-refractivity contribution >= 4 is 55.2 Å². The Morgan fingerprint density at radius 1 is 0.431 bits per heavy atom. The van der Waals surface area contributed by atoms with Crippen LogP contribution in [0.4, 0.5) is 0 Å². The molecule has 0 saturated carbocycles. The van der Waals surface area contributed by atoms with Crippen molar-refractivity contribution in [3.05, 3.63) is 193 Å². The Bertz CT molecular complexity index is 2830. The van der Waals surface area contributed by atoms with E-state index in [1.54, 1.807) is 0 Å². The fraction of sp³-hybridized carbons (Fsp3) is 0.0213. The van der Waals surface area contributed by atoms with Crippen LogP contribution in [0, 0.1) is 0 Å². The summed E-state index contributed by atoms with van der Waals surface area (Å²) < 4.78 is 6.70. The number of hydrogen-bond acceptors (Lipinski definition) is 4. The molecule has 240 valence electrons. The first-order valence-electron chi connectivity index (χ1n) is 17.3. The fourth-order valence-corrected chi connectivity index (χ4v) is 7.50. The molecule has 0 saturated heterocycles. The quantitative estimate of drug-likeness (QED) is 0.201. The number of rotatable bonds is 5. The molecule has 1 aliphatic heterocycles. The van der Waals surface area contributed by atoms with E-state index in [0.717, 1.165) is 66.8 Å². The lowest BCUT2D eigenvalue weighted by Gasteiger charge is -2.24. The Kier molecular flexibility index (Phi) is 6.85. The molecule has 10 rings (SSSR count). The van der Waals surface area contributed by atoms with Crippen LogP contribution in [0.2, 0.25) is 0 Å². The van der Waals surface area contributed by atoms with Gasteiger partial charge in [-0.3, -0.25) is 0 Å². The normalized spacial score (nSPS) is 14.5. The number of fused-ring (bicyclic) bond motifs is 5. The van der Waals surface area contributed by atoms with Gasteiger partial charge < -0.3 is 9.73 Å². The van der Waals surface area contributed by atoms with E-state index < -0.39 is 6.17 Å². The standard InChI is InChI=1S/C47H31N3O/c1-3-14-31(15-4-1)35-25-27-39(38-20-10-9-19-37(35)38)46-48-45(32-16-5-2-6-17-32)49-47(50-46)41-28-26-36(34-24-23-30-13-7-8-18-33(30)29-34)44-43(41)40-21-11-12-22-42(40)51-44/h1-29,47H,(H,48,49,50). The van der Waals surface area contributed by atoms with E-state index in [0.29, 0.717) is 0 Å². The SMILES string of the molecule is c1ccc(C2=NC(c3ccc(-c4ccc5ccccc5c4)c4oc5ccccc5c34)N=C(c3ccc(-c4ccccc4)c4ccccc34)N2)cc1. The van der Waals surface area contributed by atoms with Crippen molar-refractivity contribution in [1.29, 1.82) is 0 Å². The summed E-state index contributed by atoms with van der Waals surface area (Å²) in [6, 6.07) is 61.5. The highest BCUT2D eigenvalue weighted by atomic mass is 16.3. The molecule has 1 atom stereocenters. The summed E-state index contributed by atoms with van der Waals surface area (Å²) in [6.07, 6.45) is -0.516. The molecule has 0 fully saturated rings. The van der Waals surface area contributed by atoms with E-state index in [9.17, 15) is 0 Å². The maximum absolute atomic E-state index is 6.70. The molecule has 1 aliphatic rings. The average Bonchev–Trinajstić information content (AvgIpc) is 3.60. The van der Waals surface area contributed by atoms with Crippen molar-refractivity contribution in [3.8, 4) is 22.3 Å². The van der Waals surface area contributed by atoms with Crippen LogP contribution in [-0.2, 0) is 0 Å². The zero-order valence-corrected chi connectivity index (χ0v) is 27.6. The number of nitrogens with zero attached hydrogens (tertiary/aromatic N) is 2. The minimum atomic E-state index is -0.516. The van der Waals surface area contributed by atoms with Gasteiger partial charge in [-0.05, 0) is 50.4 Å². The van der Waals surface area contributed by atoms with Gasteiger partial charge in [0.2, 0.25) is 0 Å². The number of hydrogen-bond donors (Lipinski definition) is 1. The molecular formula is C47H31N3O. The van der Waals surface area contributed by atoms with Crippen LogP contribution in [0.5, 0.6) is 0 Å². The summed E-state index contributed by atoms with van der Waals surface area (Å²) in [5.41, 5.74) is 9.24. The predicted molar refractivity (Wildman–Crippen MR) is 211 cm³/mol. The summed E-state index contributed by atoms with van der Waals surface area (Å²) in [5.74, 6) is 1.56. The first kappa shape index (κ1) is 29.2. The fourth-order valence-electron chi connectivity index (χ4n) is 7.50. The summed E-state index contributed by atoms with van der Waals surface area (Å²) in [7, 11) is 0. The molecule has 8 aromatic carbocycles. The predicted octanol–water partition coefficient (Wildman–Crippen LogP) is 11.7. The van der Waals surface area contributed by atoms with E-state index in [2.05, 4.69) is 151 Å². The molecule has 0 spiro atoms. The number of amidine groups is 2. The summed E-state index contributed by atoms with van der Waals surface area (Å²) in [4.78, 5) is 10.7. The van der Waals surface area contributed by atoms with Crippen LogP contribution in [-0.4, -0.2) is 11.7 Å². The number of furan rings is 1. The Morgan fingerprint density at radius 2 is 1.04 bits per heavy atom. The third kappa shape index (κ3) is 5.00. The van der Waals surface area contributed by atoms with Crippen molar-refractivity contribution in [2.45, 2.75) is 6.17 Å². The third-order valence-corrected chi connectivity index (χ3v) is 9.95. The van der Waals surface area contributed by atoms with Gasteiger partial charge in [-0.1, -0.05) is 164 Å². The van der Waals surface area contributed by atoms with Gasteiger partial charge in [0.25, 0.3) is 0 Å². The number of para-hydroxylation sites is 1. The topological polar surface area (TPSA) is 49.9 Å². The molecule has 0 amide bonds. The lowest BCUT2D eigenvalue weighted by molar-refractivity contribution is 0.668. The minimum absolute atomic E-state index is 0.516. The summed E-state index contributed by atoms with van der Waals surface area (Å²) in [6.45, 7) is 0. The van der Waals surface area contributed by atoms with Gasteiger partial charge in [-0.15, -0.1) is 0 Å². The van der Waals surface area contributed by atoms with Gasteiger partial charge >= 0.3 is 0 Å². The van der Waals surface area contributed by atoms with E-state index in [-0.39, 0.29) is 0 Å². The van der Waals surface area contributed by atoms with Crippen LogP contribution in [0.15, 0.2) is 190 Å². The van der Waals surface area contributed by atoms with Gasteiger partial charge in [-0.2, -0.15) is 0 Å².